The van der Waals surface area contributed by atoms with Crippen LogP contribution in [0, 0.1) is 0 Å². The van der Waals surface area contributed by atoms with Crippen LogP contribution < -0.4 is 0 Å². The third-order valence-corrected chi connectivity index (χ3v) is 11.4. The van der Waals surface area contributed by atoms with Crippen LogP contribution in [0.1, 0.15) is 65.7 Å². The molecule has 2 aliphatic heterocycles. The molecule has 7 heteroatoms. The van der Waals surface area contributed by atoms with Crippen LogP contribution in [-0.2, 0) is 28.1 Å². The van der Waals surface area contributed by atoms with Crippen molar-refractivity contribution in [2.75, 3.05) is 33.0 Å². The predicted molar refractivity (Wildman–Crippen MR) is 119 cm³/mol. The minimum atomic E-state index is -1.82. The van der Waals surface area contributed by atoms with E-state index in [4.69, 9.17) is 28.1 Å². The van der Waals surface area contributed by atoms with Gasteiger partial charge in [0.05, 0.1) is 32.0 Å². The van der Waals surface area contributed by atoms with E-state index in [1.165, 1.54) is 6.42 Å². The van der Waals surface area contributed by atoms with Crippen LogP contribution in [0.2, 0.25) is 18.1 Å². The lowest BCUT2D eigenvalue weighted by atomic mass is 9.92. The Morgan fingerprint density at radius 2 is 1.53 bits per heavy atom. The molecule has 0 radical (unpaired) electrons. The van der Waals surface area contributed by atoms with Crippen molar-refractivity contribution in [3.05, 3.63) is 0 Å². The summed E-state index contributed by atoms with van der Waals surface area (Å²) < 4.78 is 35.9. The Kier molecular flexibility index (Phi) is 9.20. The van der Waals surface area contributed by atoms with Gasteiger partial charge in [-0.3, -0.25) is 0 Å². The molecule has 0 aromatic carbocycles. The SMILES string of the molecule is CC(C)(C)[Si](C)(C)OC1CC(OCCCOC2CCCCO2)CC(OCC2CO2)C1. The van der Waals surface area contributed by atoms with Gasteiger partial charge in [-0.25, -0.2) is 0 Å². The second-order valence-corrected chi connectivity index (χ2v) is 15.4. The van der Waals surface area contributed by atoms with Crippen LogP contribution in [0.4, 0.5) is 0 Å². The molecule has 5 atom stereocenters. The van der Waals surface area contributed by atoms with Crippen LogP contribution in [0.5, 0.6) is 0 Å². The van der Waals surface area contributed by atoms with E-state index < -0.39 is 8.32 Å². The van der Waals surface area contributed by atoms with Gasteiger partial charge >= 0.3 is 0 Å². The summed E-state index contributed by atoms with van der Waals surface area (Å²) in [5.41, 5.74) is 0. The zero-order valence-corrected chi connectivity index (χ0v) is 20.8. The number of ether oxygens (including phenoxy) is 5. The molecule has 6 nitrogen and oxygen atoms in total. The average molecular weight is 445 g/mol. The molecule has 3 fully saturated rings. The normalized spacial score (nSPS) is 32.9. The van der Waals surface area contributed by atoms with Crippen LogP contribution in [0.15, 0.2) is 0 Å². The predicted octanol–water partition coefficient (Wildman–Crippen LogP) is 4.66. The molecule has 2 saturated heterocycles. The summed E-state index contributed by atoms with van der Waals surface area (Å²) in [4.78, 5) is 0. The van der Waals surface area contributed by atoms with Gasteiger partial charge in [-0.2, -0.15) is 0 Å². The molecule has 1 saturated carbocycles. The fraction of sp³-hybridized carbons (Fsp3) is 1.00. The molecule has 2 heterocycles. The maximum absolute atomic E-state index is 6.74. The summed E-state index contributed by atoms with van der Waals surface area (Å²) in [6.45, 7) is 15.3. The Morgan fingerprint density at radius 1 is 0.867 bits per heavy atom. The summed E-state index contributed by atoms with van der Waals surface area (Å²) in [7, 11) is -1.82. The Morgan fingerprint density at radius 3 is 2.17 bits per heavy atom. The monoisotopic (exact) mass is 444 g/mol. The highest BCUT2D eigenvalue weighted by atomic mass is 28.4. The summed E-state index contributed by atoms with van der Waals surface area (Å²) in [5, 5.41) is 0.206. The lowest BCUT2D eigenvalue weighted by Crippen LogP contribution is -2.48. The van der Waals surface area contributed by atoms with E-state index >= 15 is 0 Å². The molecule has 30 heavy (non-hydrogen) atoms. The second-order valence-electron chi connectivity index (χ2n) is 10.6. The fourth-order valence-corrected chi connectivity index (χ4v) is 5.28. The molecule has 3 aliphatic rings. The van der Waals surface area contributed by atoms with Crippen molar-refractivity contribution < 1.29 is 28.1 Å². The minimum absolute atomic E-state index is 0.0155. The maximum Gasteiger partial charge on any atom is 0.192 e. The van der Waals surface area contributed by atoms with E-state index in [2.05, 4.69) is 33.9 Å². The van der Waals surface area contributed by atoms with Crippen molar-refractivity contribution in [2.45, 2.75) is 115 Å². The summed E-state index contributed by atoms with van der Waals surface area (Å²) in [6.07, 6.45) is 7.98. The number of hydrogen-bond donors (Lipinski definition) is 0. The summed E-state index contributed by atoms with van der Waals surface area (Å²) >= 11 is 0. The highest BCUT2D eigenvalue weighted by Gasteiger charge is 2.42. The Bertz CT molecular complexity index is 498. The molecule has 0 amide bonds. The van der Waals surface area contributed by atoms with E-state index in [0.29, 0.717) is 25.9 Å². The molecule has 0 bridgehead atoms. The van der Waals surface area contributed by atoms with E-state index in [-0.39, 0.29) is 29.6 Å². The van der Waals surface area contributed by atoms with Gasteiger partial charge in [-0.15, -0.1) is 0 Å². The van der Waals surface area contributed by atoms with Gasteiger partial charge in [0.15, 0.2) is 14.6 Å². The molecule has 0 spiro atoms. The van der Waals surface area contributed by atoms with Crippen molar-refractivity contribution in [1.82, 2.24) is 0 Å². The standard InChI is InChI=1S/C23H44O6Si/c1-23(2,3)30(4,5)29-20-14-18(13-19(15-20)27-16-21-17-28-21)24-11-8-12-26-22-9-6-7-10-25-22/h18-22H,6-17H2,1-5H3. The highest BCUT2D eigenvalue weighted by molar-refractivity contribution is 6.74. The quantitative estimate of drug-likeness (QED) is 0.262. The van der Waals surface area contributed by atoms with Crippen LogP contribution >= 0.6 is 0 Å². The van der Waals surface area contributed by atoms with Gasteiger partial charge in [-0.1, -0.05) is 20.8 Å². The largest absolute Gasteiger partial charge is 0.414 e. The molecule has 0 aromatic rings. The van der Waals surface area contributed by atoms with E-state index in [1.807, 2.05) is 0 Å². The molecular formula is C23H44O6Si. The minimum Gasteiger partial charge on any atom is -0.414 e. The molecular weight excluding hydrogens is 400 g/mol. The average Bonchev–Trinajstić information content (AvgIpc) is 3.50. The first-order valence-corrected chi connectivity index (χ1v) is 14.9. The second kappa shape index (κ2) is 11.2. The lowest BCUT2D eigenvalue weighted by Gasteiger charge is -2.43. The fourth-order valence-electron chi connectivity index (χ4n) is 3.90. The third kappa shape index (κ3) is 8.15. The first-order chi connectivity index (χ1) is 14.2. The smallest absolute Gasteiger partial charge is 0.192 e. The zero-order chi connectivity index (χ0) is 21.6. The van der Waals surface area contributed by atoms with Gasteiger partial charge in [-0.05, 0) is 63.1 Å². The highest BCUT2D eigenvalue weighted by Crippen LogP contribution is 2.39. The van der Waals surface area contributed by atoms with Gasteiger partial charge in [0.25, 0.3) is 0 Å². The van der Waals surface area contributed by atoms with E-state index in [0.717, 1.165) is 51.7 Å². The first-order valence-electron chi connectivity index (χ1n) is 12.0. The number of hydrogen-bond acceptors (Lipinski definition) is 6. The summed E-state index contributed by atoms with van der Waals surface area (Å²) in [6, 6.07) is 0. The van der Waals surface area contributed by atoms with Crippen LogP contribution in [0.3, 0.4) is 0 Å². The van der Waals surface area contributed by atoms with Gasteiger partial charge < -0.3 is 28.1 Å². The maximum atomic E-state index is 6.74. The Hall–Kier alpha value is -0.0231. The van der Waals surface area contributed by atoms with Gasteiger partial charge in [0, 0.05) is 19.3 Å². The van der Waals surface area contributed by atoms with Crippen LogP contribution in [-0.4, -0.2) is 72.1 Å². The van der Waals surface area contributed by atoms with Crippen LogP contribution in [0.25, 0.3) is 0 Å². The molecule has 0 aromatic heterocycles. The Labute approximate surface area is 184 Å². The molecule has 176 valence electrons. The molecule has 3 rings (SSSR count). The first kappa shape index (κ1) is 24.6. The van der Waals surface area contributed by atoms with Crippen molar-refractivity contribution in [2.24, 2.45) is 0 Å². The van der Waals surface area contributed by atoms with E-state index in [1.54, 1.807) is 0 Å². The van der Waals surface area contributed by atoms with Crippen molar-refractivity contribution in [3.63, 3.8) is 0 Å². The zero-order valence-electron chi connectivity index (χ0n) is 19.8. The Balaban J connectivity index is 1.42. The third-order valence-electron chi connectivity index (χ3n) is 6.85. The van der Waals surface area contributed by atoms with Crippen molar-refractivity contribution in [3.8, 4) is 0 Å². The van der Waals surface area contributed by atoms with E-state index in [9.17, 15) is 0 Å². The lowest BCUT2D eigenvalue weighted by molar-refractivity contribution is -0.165. The molecule has 5 unspecified atom stereocenters. The van der Waals surface area contributed by atoms with Crippen molar-refractivity contribution >= 4 is 8.32 Å². The van der Waals surface area contributed by atoms with Gasteiger partial charge in [0.1, 0.15) is 6.10 Å². The number of epoxide rings is 1. The molecule has 1 aliphatic carbocycles. The summed E-state index contributed by atoms with van der Waals surface area (Å²) in [5.74, 6) is 0. The topological polar surface area (TPSA) is 58.7 Å². The number of rotatable bonds is 11. The molecule has 0 N–H and O–H groups in total. The van der Waals surface area contributed by atoms with Gasteiger partial charge in [0.2, 0.25) is 0 Å². The van der Waals surface area contributed by atoms with Crippen molar-refractivity contribution in [1.29, 1.82) is 0 Å².